The lowest BCUT2D eigenvalue weighted by molar-refractivity contribution is -0.135. The first-order chi connectivity index (χ1) is 13.5. The second-order valence-corrected chi connectivity index (χ2v) is 9.24. The average molecular weight is 554 g/mol. The van der Waals surface area contributed by atoms with E-state index in [2.05, 4.69) is 41.9 Å². The number of nitrogens with one attached hydrogen (secondary N) is 2. The van der Waals surface area contributed by atoms with Crippen LogP contribution in [0.4, 0.5) is 10.1 Å². The van der Waals surface area contributed by atoms with Gasteiger partial charge in [-0.05, 0) is 50.1 Å². The fraction of sp³-hybridized carbons (Fsp3) is 0.176. The van der Waals surface area contributed by atoms with E-state index in [-0.39, 0.29) is 29.2 Å². The molecule has 156 valence electrons. The van der Waals surface area contributed by atoms with E-state index in [9.17, 15) is 22.4 Å². The molecule has 12 heteroatoms. The van der Waals surface area contributed by atoms with Gasteiger partial charge >= 0.3 is 5.97 Å². The molecule has 0 radical (unpaired) electrons. The van der Waals surface area contributed by atoms with E-state index in [1.54, 1.807) is 0 Å². The standard InChI is InChI=1S/C17H15Br2FN2O6S/c1-29(26,27)22-13-4-2-3-9(15(13)20)8-28-16-11(18)5-10(6-12(16)19)17(25)21-7-14(23)24/h2-6,22H,7-8H2,1H3,(H,21,25)(H,23,24). The molecule has 0 atom stereocenters. The van der Waals surface area contributed by atoms with E-state index in [0.717, 1.165) is 6.26 Å². The van der Waals surface area contributed by atoms with Crippen LogP contribution in [0.3, 0.4) is 0 Å². The van der Waals surface area contributed by atoms with Crippen LogP contribution in [0.2, 0.25) is 0 Å². The number of carboxylic acids is 1. The lowest BCUT2D eigenvalue weighted by Crippen LogP contribution is -2.29. The maximum atomic E-state index is 14.5. The van der Waals surface area contributed by atoms with E-state index in [0.29, 0.717) is 8.95 Å². The Morgan fingerprint density at radius 2 is 1.83 bits per heavy atom. The van der Waals surface area contributed by atoms with E-state index in [1.165, 1.54) is 30.3 Å². The highest BCUT2D eigenvalue weighted by molar-refractivity contribution is 9.11. The van der Waals surface area contributed by atoms with Gasteiger partial charge in [0.2, 0.25) is 10.0 Å². The van der Waals surface area contributed by atoms with Gasteiger partial charge in [0.05, 0.1) is 20.9 Å². The van der Waals surface area contributed by atoms with Gasteiger partial charge in [0.15, 0.2) is 5.82 Å². The van der Waals surface area contributed by atoms with Crippen molar-refractivity contribution in [1.29, 1.82) is 0 Å². The molecule has 0 aromatic heterocycles. The fourth-order valence-electron chi connectivity index (χ4n) is 2.21. The predicted molar refractivity (Wildman–Crippen MR) is 111 cm³/mol. The third-order valence-electron chi connectivity index (χ3n) is 3.41. The number of benzene rings is 2. The molecule has 0 aliphatic heterocycles. The highest BCUT2D eigenvalue weighted by atomic mass is 79.9. The second-order valence-electron chi connectivity index (χ2n) is 5.79. The molecule has 3 N–H and O–H groups in total. The SMILES string of the molecule is CS(=O)(=O)Nc1cccc(COc2c(Br)cc(C(=O)NCC(=O)O)cc2Br)c1F. The molecule has 0 aliphatic rings. The van der Waals surface area contributed by atoms with Gasteiger partial charge in [-0.15, -0.1) is 0 Å². The van der Waals surface area contributed by atoms with Crippen LogP contribution in [0.15, 0.2) is 39.3 Å². The van der Waals surface area contributed by atoms with Crippen LogP contribution in [0.1, 0.15) is 15.9 Å². The van der Waals surface area contributed by atoms with E-state index in [1.807, 2.05) is 0 Å². The first-order valence-electron chi connectivity index (χ1n) is 7.85. The first kappa shape index (κ1) is 23.1. The minimum atomic E-state index is -3.64. The van der Waals surface area contributed by atoms with Crippen LogP contribution in [0, 0.1) is 5.82 Å². The van der Waals surface area contributed by atoms with E-state index < -0.39 is 34.3 Å². The van der Waals surface area contributed by atoms with Crippen molar-refractivity contribution in [2.45, 2.75) is 6.61 Å². The molecule has 2 rings (SSSR count). The molecule has 0 unspecified atom stereocenters. The highest BCUT2D eigenvalue weighted by Crippen LogP contribution is 2.35. The van der Waals surface area contributed by atoms with Crippen molar-refractivity contribution in [3.05, 3.63) is 56.2 Å². The number of aliphatic carboxylic acids is 1. The monoisotopic (exact) mass is 552 g/mol. The normalized spacial score (nSPS) is 11.0. The molecule has 0 aliphatic carbocycles. The smallest absolute Gasteiger partial charge is 0.322 e. The van der Waals surface area contributed by atoms with Gasteiger partial charge in [-0.1, -0.05) is 12.1 Å². The second kappa shape index (κ2) is 9.55. The zero-order valence-corrected chi connectivity index (χ0v) is 18.8. The number of carbonyl (C=O) groups excluding carboxylic acids is 1. The van der Waals surface area contributed by atoms with E-state index in [4.69, 9.17) is 9.84 Å². The van der Waals surface area contributed by atoms with Gasteiger partial charge in [-0.25, -0.2) is 12.8 Å². The lowest BCUT2D eigenvalue weighted by atomic mass is 10.2. The first-order valence-corrected chi connectivity index (χ1v) is 11.3. The number of anilines is 1. The summed E-state index contributed by atoms with van der Waals surface area (Å²) in [6, 6.07) is 7.06. The fourth-order valence-corrected chi connectivity index (χ4v) is 4.18. The molecule has 29 heavy (non-hydrogen) atoms. The maximum Gasteiger partial charge on any atom is 0.322 e. The van der Waals surface area contributed by atoms with Crippen LogP contribution < -0.4 is 14.8 Å². The zero-order chi connectivity index (χ0) is 21.8. The summed E-state index contributed by atoms with van der Waals surface area (Å²) in [5.74, 6) is -2.26. The number of hydrogen-bond donors (Lipinski definition) is 3. The number of amides is 1. The summed E-state index contributed by atoms with van der Waals surface area (Å²) >= 11 is 6.51. The van der Waals surface area contributed by atoms with Crippen molar-refractivity contribution < 1.29 is 32.2 Å². The quantitative estimate of drug-likeness (QED) is 0.462. The Morgan fingerprint density at radius 1 is 1.21 bits per heavy atom. The molecule has 2 aromatic rings. The summed E-state index contributed by atoms with van der Waals surface area (Å²) < 4.78 is 45.6. The van der Waals surface area contributed by atoms with Gasteiger partial charge in [0, 0.05) is 11.1 Å². The highest BCUT2D eigenvalue weighted by Gasteiger charge is 2.16. The Hall–Kier alpha value is -2.18. The van der Waals surface area contributed by atoms with Crippen molar-refractivity contribution in [1.82, 2.24) is 5.32 Å². The molecule has 0 bridgehead atoms. The summed E-state index contributed by atoms with van der Waals surface area (Å²) in [5.41, 5.74) is 0.0980. The Kier molecular flexibility index (Phi) is 7.60. The van der Waals surface area contributed by atoms with Crippen LogP contribution in [-0.2, 0) is 21.4 Å². The van der Waals surface area contributed by atoms with Gasteiger partial charge in [0.1, 0.15) is 18.9 Å². The molecular formula is C17H15Br2FN2O6S. The molecule has 2 aromatic carbocycles. The minimum absolute atomic E-state index is 0.112. The molecule has 0 spiro atoms. The number of carboxylic acid groups (broad SMARTS) is 1. The van der Waals surface area contributed by atoms with Crippen molar-refractivity contribution in [2.75, 3.05) is 17.5 Å². The topological polar surface area (TPSA) is 122 Å². The predicted octanol–water partition coefficient (Wildman–Crippen LogP) is 3.12. The number of rotatable bonds is 8. The third kappa shape index (κ3) is 6.68. The van der Waals surface area contributed by atoms with Crippen LogP contribution in [0.5, 0.6) is 5.75 Å². The summed E-state index contributed by atoms with van der Waals surface area (Å²) in [4.78, 5) is 22.5. The van der Waals surface area contributed by atoms with Crippen LogP contribution in [0.25, 0.3) is 0 Å². The number of halogens is 3. The maximum absolute atomic E-state index is 14.5. The van der Waals surface area contributed by atoms with Crippen molar-refractivity contribution >= 4 is 59.4 Å². The molecule has 1 amide bonds. The summed E-state index contributed by atoms with van der Waals surface area (Å²) in [5, 5.41) is 10.9. The van der Waals surface area contributed by atoms with E-state index >= 15 is 0 Å². The Balaban J connectivity index is 2.18. The summed E-state index contributed by atoms with van der Waals surface area (Å²) in [7, 11) is -3.64. The number of hydrogen-bond acceptors (Lipinski definition) is 5. The summed E-state index contributed by atoms with van der Waals surface area (Å²) in [6.07, 6.45) is 0.915. The molecule has 8 nitrogen and oxygen atoms in total. The van der Waals surface area contributed by atoms with Crippen LogP contribution in [-0.4, -0.2) is 38.2 Å². The molecule has 0 saturated carbocycles. The lowest BCUT2D eigenvalue weighted by Gasteiger charge is -2.14. The van der Waals surface area contributed by atoms with Crippen molar-refractivity contribution in [2.24, 2.45) is 0 Å². The van der Waals surface area contributed by atoms with Crippen LogP contribution >= 0.6 is 31.9 Å². The summed E-state index contributed by atoms with van der Waals surface area (Å²) in [6.45, 7) is -0.740. The zero-order valence-electron chi connectivity index (χ0n) is 14.8. The van der Waals surface area contributed by atoms with Crippen molar-refractivity contribution in [3.63, 3.8) is 0 Å². The molecule has 0 saturated heterocycles. The average Bonchev–Trinajstić information content (AvgIpc) is 2.60. The Bertz CT molecular complexity index is 1040. The minimum Gasteiger partial charge on any atom is -0.486 e. The number of ether oxygens (including phenoxy) is 1. The molecule has 0 fully saturated rings. The van der Waals surface area contributed by atoms with Gasteiger partial charge in [-0.3, -0.25) is 14.3 Å². The Labute approximate surface area is 182 Å². The third-order valence-corrected chi connectivity index (χ3v) is 5.18. The largest absolute Gasteiger partial charge is 0.486 e. The van der Waals surface area contributed by atoms with Gasteiger partial charge in [0.25, 0.3) is 5.91 Å². The number of sulfonamides is 1. The van der Waals surface area contributed by atoms with Crippen molar-refractivity contribution in [3.8, 4) is 5.75 Å². The number of carbonyl (C=O) groups is 2. The Morgan fingerprint density at radius 3 is 2.38 bits per heavy atom. The van der Waals surface area contributed by atoms with Gasteiger partial charge < -0.3 is 15.2 Å². The van der Waals surface area contributed by atoms with Gasteiger partial charge in [-0.2, -0.15) is 0 Å². The molecule has 0 heterocycles. The molecular weight excluding hydrogens is 539 g/mol.